The number of aromatic hydroxyl groups is 1. The zero-order valence-corrected chi connectivity index (χ0v) is 18.9. The molecular formula is C24H26N8O2. The molecule has 0 spiro atoms. The maximum Gasteiger partial charge on any atom is 0.275 e. The van der Waals surface area contributed by atoms with Gasteiger partial charge < -0.3 is 24.6 Å². The minimum absolute atomic E-state index is 0.0805. The molecule has 0 amide bonds. The first kappa shape index (κ1) is 21.8. The second-order valence-electron chi connectivity index (χ2n) is 7.89. The van der Waals surface area contributed by atoms with Crippen LogP contribution in [0.1, 0.15) is 13.3 Å². The Bertz CT molecular complexity index is 1300. The van der Waals surface area contributed by atoms with Crippen molar-refractivity contribution in [2.24, 2.45) is 10.2 Å². The number of nitrogens with one attached hydrogen (secondary N) is 1. The van der Waals surface area contributed by atoms with Gasteiger partial charge in [-0.05, 0) is 24.6 Å². The molecule has 2 aromatic heterocycles. The SMILES string of the molecule is CCCn1c(O)c(N=Nc2nc(Nc3ccccc3)nc(N3CCOCC3)n2)c2ccccc21. The lowest BCUT2D eigenvalue weighted by atomic mass is 10.2. The van der Waals surface area contributed by atoms with Crippen molar-refractivity contribution in [3.8, 4) is 5.88 Å². The van der Waals surface area contributed by atoms with Crippen LogP contribution in [0.4, 0.5) is 29.2 Å². The molecule has 4 aromatic rings. The van der Waals surface area contributed by atoms with Crippen LogP contribution in [-0.4, -0.2) is 50.9 Å². The van der Waals surface area contributed by atoms with E-state index in [1.165, 1.54) is 0 Å². The van der Waals surface area contributed by atoms with Crippen molar-refractivity contribution in [1.29, 1.82) is 0 Å². The van der Waals surface area contributed by atoms with E-state index < -0.39 is 0 Å². The molecule has 10 nitrogen and oxygen atoms in total. The fourth-order valence-corrected chi connectivity index (χ4v) is 3.92. The second-order valence-corrected chi connectivity index (χ2v) is 7.89. The number of azo groups is 1. The lowest BCUT2D eigenvalue weighted by molar-refractivity contribution is 0.122. The number of hydrogen-bond acceptors (Lipinski definition) is 9. The Balaban J connectivity index is 1.53. The summed E-state index contributed by atoms with van der Waals surface area (Å²) in [6.07, 6.45) is 0.883. The van der Waals surface area contributed by atoms with E-state index in [1.807, 2.05) is 64.1 Å². The Morgan fingerprint density at radius 1 is 0.971 bits per heavy atom. The van der Waals surface area contributed by atoms with E-state index in [1.54, 1.807) is 0 Å². The summed E-state index contributed by atoms with van der Waals surface area (Å²) in [6, 6.07) is 17.4. The molecule has 2 aromatic carbocycles. The molecule has 10 heteroatoms. The van der Waals surface area contributed by atoms with E-state index in [4.69, 9.17) is 4.74 Å². The van der Waals surface area contributed by atoms with Crippen LogP contribution in [0.15, 0.2) is 64.8 Å². The van der Waals surface area contributed by atoms with Gasteiger partial charge in [-0.15, -0.1) is 10.2 Å². The van der Waals surface area contributed by atoms with Gasteiger partial charge in [0.1, 0.15) is 0 Å². The predicted octanol–water partition coefficient (Wildman–Crippen LogP) is 4.94. The molecule has 2 N–H and O–H groups in total. The van der Waals surface area contributed by atoms with E-state index in [2.05, 4.69) is 37.4 Å². The summed E-state index contributed by atoms with van der Waals surface area (Å²) in [5.74, 6) is 1.11. The first-order valence-electron chi connectivity index (χ1n) is 11.4. The summed E-state index contributed by atoms with van der Waals surface area (Å²) in [7, 11) is 0. The minimum Gasteiger partial charge on any atom is -0.493 e. The Morgan fingerprint density at radius 3 is 2.53 bits per heavy atom. The van der Waals surface area contributed by atoms with Crippen LogP contribution in [0, 0.1) is 0 Å². The number of morpholine rings is 1. The van der Waals surface area contributed by atoms with E-state index in [0.29, 0.717) is 50.4 Å². The number of aromatic nitrogens is 4. The molecular weight excluding hydrogens is 432 g/mol. The number of benzene rings is 2. The van der Waals surface area contributed by atoms with E-state index in [9.17, 15) is 5.11 Å². The molecule has 5 rings (SSSR count). The first-order chi connectivity index (χ1) is 16.7. The van der Waals surface area contributed by atoms with Crippen LogP contribution in [-0.2, 0) is 11.3 Å². The molecule has 0 aliphatic carbocycles. The van der Waals surface area contributed by atoms with Gasteiger partial charge in [-0.2, -0.15) is 15.0 Å². The number of anilines is 3. The maximum absolute atomic E-state index is 10.9. The quantitative estimate of drug-likeness (QED) is 0.377. The summed E-state index contributed by atoms with van der Waals surface area (Å²) < 4.78 is 7.30. The molecule has 0 radical (unpaired) electrons. The third kappa shape index (κ3) is 4.53. The van der Waals surface area contributed by atoms with Crippen LogP contribution >= 0.6 is 0 Å². The average Bonchev–Trinajstić information content (AvgIpc) is 3.14. The highest BCUT2D eigenvalue weighted by Crippen LogP contribution is 2.39. The summed E-state index contributed by atoms with van der Waals surface area (Å²) in [5.41, 5.74) is 2.16. The molecule has 0 unspecified atom stereocenters. The van der Waals surface area contributed by atoms with Crippen molar-refractivity contribution in [3.05, 3.63) is 54.6 Å². The van der Waals surface area contributed by atoms with E-state index in [-0.39, 0.29) is 11.8 Å². The topological polar surface area (TPSA) is 113 Å². The smallest absolute Gasteiger partial charge is 0.275 e. The number of rotatable bonds is 7. The van der Waals surface area contributed by atoms with Gasteiger partial charge >= 0.3 is 0 Å². The number of hydrogen-bond donors (Lipinski definition) is 2. The second kappa shape index (κ2) is 9.84. The molecule has 174 valence electrons. The number of aryl methyl sites for hydroxylation is 1. The van der Waals surface area contributed by atoms with Crippen molar-refractivity contribution in [3.63, 3.8) is 0 Å². The minimum atomic E-state index is 0.0805. The standard InChI is InChI=1S/C24H26N8O2/c1-2-12-32-19-11-7-6-10-18(19)20(21(32)33)29-30-23-26-22(25-17-8-4-3-5-9-17)27-24(28-23)31-13-15-34-16-14-31/h3-11,33H,2,12-16H2,1H3,(H,25,26,27,28). The number of fused-ring (bicyclic) bond motifs is 1. The van der Waals surface area contributed by atoms with Gasteiger partial charge in [0.25, 0.3) is 5.95 Å². The third-order valence-corrected chi connectivity index (χ3v) is 5.54. The molecule has 3 heterocycles. The first-order valence-corrected chi connectivity index (χ1v) is 11.4. The highest BCUT2D eigenvalue weighted by Gasteiger charge is 2.18. The van der Waals surface area contributed by atoms with Crippen molar-refractivity contribution in [2.45, 2.75) is 19.9 Å². The molecule has 34 heavy (non-hydrogen) atoms. The Labute approximate surface area is 197 Å². The molecule has 1 aliphatic heterocycles. The van der Waals surface area contributed by atoms with Crippen LogP contribution in [0.3, 0.4) is 0 Å². The molecule has 1 fully saturated rings. The van der Waals surface area contributed by atoms with Gasteiger partial charge in [-0.3, -0.25) is 0 Å². The zero-order chi connectivity index (χ0) is 23.3. The van der Waals surface area contributed by atoms with Gasteiger partial charge in [0, 0.05) is 30.7 Å². The van der Waals surface area contributed by atoms with Gasteiger partial charge in [0.05, 0.1) is 18.7 Å². The molecule has 0 bridgehead atoms. The Morgan fingerprint density at radius 2 is 1.74 bits per heavy atom. The van der Waals surface area contributed by atoms with Crippen LogP contribution < -0.4 is 10.2 Å². The largest absolute Gasteiger partial charge is 0.493 e. The summed E-state index contributed by atoms with van der Waals surface area (Å²) in [5, 5.41) is 23.6. The van der Waals surface area contributed by atoms with Crippen LogP contribution in [0.5, 0.6) is 5.88 Å². The summed E-state index contributed by atoms with van der Waals surface area (Å²) >= 11 is 0. The lowest BCUT2D eigenvalue weighted by Crippen LogP contribution is -2.37. The van der Waals surface area contributed by atoms with Crippen molar-refractivity contribution >= 4 is 40.1 Å². The highest BCUT2D eigenvalue weighted by molar-refractivity contribution is 5.95. The van der Waals surface area contributed by atoms with Crippen molar-refractivity contribution < 1.29 is 9.84 Å². The Kier molecular flexibility index (Phi) is 6.30. The Hall–Kier alpha value is -4.05. The van der Waals surface area contributed by atoms with Crippen molar-refractivity contribution in [1.82, 2.24) is 19.5 Å². The molecule has 0 saturated carbocycles. The van der Waals surface area contributed by atoms with Gasteiger partial charge in [0.2, 0.25) is 17.8 Å². The summed E-state index contributed by atoms with van der Waals surface area (Å²) in [4.78, 5) is 15.6. The fraction of sp³-hybridized carbons (Fsp3) is 0.292. The maximum atomic E-state index is 10.9. The zero-order valence-electron chi connectivity index (χ0n) is 18.9. The van der Waals surface area contributed by atoms with Gasteiger partial charge in [-0.1, -0.05) is 43.3 Å². The highest BCUT2D eigenvalue weighted by atomic mass is 16.5. The monoisotopic (exact) mass is 458 g/mol. The van der Waals surface area contributed by atoms with E-state index >= 15 is 0 Å². The molecule has 0 atom stereocenters. The van der Waals surface area contributed by atoms with Gasteiger partial charge in [0.15, 0.2) is 5.69 Å². The fourth-order valence-electron chi connectivity index (χ4n) is 3.92. The number of para-hydroxylation sites is 2. The van der Waals surface area contributed by atoms with E-state index in [0.717, 1.165) is 23.0 Å². The average molecular weight is 459 g/mol. The molecule has 1 saturated heterocycles. The van der Waals surface area contributed by atoms with Crippen LogP contribution in [0.2, 0.25) is 0 Å². The predicted molar refractivity (Wildman–Crippen MR) is 131 cm³/mol. The normalized spacial score (nSPS) is 14.2. The third-order valence-electron chi connectivity index (χ3n) is 5.54. The van der Waals surface area contributed by atoms with Crippen molar-refractivity contribution in [2.75, 3.05) is 36.5 Å². The van der Waals surface area contributed by atoms with Crippen LogP contribution in [0.25, 0.3) is 10.9 Å². The number of nitrogens with zero attached hydrogens (tertiary/aromatic N) is 7. The van der Waals surface area contributed by atoms with Gasteiger partial charge in [-0.25, -0.2) is 0 Å². The summed E-state index contributed by atoms with van der Waals surface area (Å²) in [6.45, 7) is 5.31. The number of ether oxygens (including phenoxy) is 1. The molecule has 1 aliphatic rings. The lowest BCUT2D eigenvalue weighted by Gasteiger charge is -2.26.